The minimum atomic E-state index is -1.18. The summed E-state index contributed by atoms with van der Waals surface area (Å²) in [5.41, 5.74) is 1.38. The van der Waals surface area contributed by atoms with Crippen molar-refractivity contribution in [1.82, 2.24) is 5.32 Å². The van der Waals surface area contributed by atoms with E-state index in [1.807, 2.05) is 6.92 Å². The number of methoxy groups -OCH3 is 1. The molecule has 0 fully saturated rings. The maximum absolute atomic E-state index is 11.7. The van der Waals surface area contributed by atoms with Crippen LogP contribution in [0.5, 0.6) is 5.75 Å². The van der Waals surface area contributed by atoms with Crippen molar-refractivity contribution in [1.29, 1.82) is 0 Å². The number of aliphatic carboxylic acids is 1. The molecule has 0 aliphatic rings. The second kappa shape index (κ2) is 7.04. The highest BCUT2D eigenvalue weighted by Crippen LogP contribution is 2.21. The van der Waals surface area contributed by atoms with E-state index >= 15 is 0 Å². The molecule has 1 rings (SSSR count). The molecule has 0 heterocycles. The third-order valence-electron chi connectivity index (χ3n) is 2.58. The van der Waals surface area contributed by atoms with Crippen molar-refractivity contribution in [2.75, 3.05) is 12.4 Å². The number of carbonyl (C=O) groups excluding carboxylic acids is 1. The average Bonchev–Trinajstić information content (AvgIpc) is 2.38. The van der Waals surface area contributed by atoms with Crippen molar-refractivity contribution < 1.29 is 19.4 Å². The first kappa shape index (κ1) is 15.4. The molecular formula is C14H16N2O4. The van der Waals surface area contributed by atoms with Gasteiger partial charge in [0.2, 0.25) is 0 Å². The van der Waals surface area contributed by atoms with E-state index in [0.717, 1.165) is 5.56 Å². The van der Waals surface area contributed by atoms with Gasteiger partial charge in [0.05, 0.1) is 7.11 Å². The Bertz CT molecular complexity index is 549. The topological polar surface area (TPSA) is 87.7 Å². The van der Waals surface area contributed by atoms with Crippen LogP contribution in [0.2, 0.25) is 0 Å². The van der Waals surface area contributed by atoms with E-state index in [1.165, 1.54) is 0 Å². The average molecular weight is 276 g/mol. The third kappa shape index (κ3) is 4.21. The number of terminal acetylenes is 1. The molecule has 0 radical (unpaired) electrons. The van der Waals surface area contributed by atoms with Gasteiger partial charge in [0.15, 0.2) is 0 Å². The molecule has 0 aliphatic carbocycles. The molecule has 106 valence electrons. The number of hydrogen-bond donors (Lipinski definition) is 3. The van der Waals surface area contributed by atoms with Gasteiger partial charge in [-0.25, -0.2) is 9.59 Å². The molecule has 0 saturated heterocycles. The van der Waals surface area contributed by atoms with Crippen LogP contribution in [0.25, 0.3) is 0 Å². The number of carbonyl (C=O) groups is 2. The minimum absolute atomic E-state index is 0.0790. The number of rotatable bonds is 5. The molecule has 0 saturated carbocycles. The third-order valence-corrected chi connectivity index (χ3v) is 2.58. The number of nitrogens with one attached hydrogen (secondary N) is 2. The first-order valence-corrected chi connectivity index (χ1v) is 5.86. The van der Waals surface area contributed by atoms with Gasteiger partial charge in [-0.15, -0.1) is 12.3 Å². The number of urea groups is 1. The van der Waals surface area contributed by atoms with Crippen molar-refractivity contribution in [3.8, 4) is 18.1 Å². The summed E-state index contributed by atoms with van der Waals surface area (Å²) in [6.45, 7) is 1.83. The summed E-state index contributed by atoms with van der Waals surface area (Å²) in [6, 6.07) is 3.34. The van der Waals surface area contributed by atoms with Crippen LogP contribution in [0.15, 0.2) is 18.2 Å². The Morgan fingerprint density at radius 1 is 1.50 bits per heavy atom. The van der Waals surface area contributed by atoms with Crippen LogP contribution >= 0.6 is 0 Å². The number of carboxylic acids is 1. The van der Waals surface area contributed by atoms with Gasteiger partial charge >= 0.3 is 12.0 Å². The molecule has 20 heavy (non-hydrogen) atoms. The van der Waals surface area contributed by atoms with Gasteiger partial charge in [0.25, 0.3) is 0 Å². The summed E-state index contributed by atoms with van der Waals surface area (Å²) < 4.78 is 5.10. The van der Waals surface area contributed by atoms with Gasteiger partial charge in [-0.2, -0.15) is 0 Å². The molecule has 1 aromatic rings. The van der Waals surface area contributed by atoms with E-state index < -0.39 is 18.0 Å². The van der Waals surface area contributed by atoms with Crippen molar-refractivity contribution in [3.05, 3.63) is 23.8 Å². The maximum Gasteiger partial charge on any atom is 0.327 e. The monoisotopic (exact) mass is 276 g/mol. The molecule has 0 spiro atoms. The van der Waals surface area contributed by atoms with Gasteiger partial charge in [0, 0.05) is 12.1 Å². The highest BCUT2D eigenvalue weighted by Gasteiger charge is 2.18. The molecule has 3 N–H and O–H groups in total. The SMILES string of the molecule is C#CCC(NC(=O)Nc1ccc(OC)c(C)c1)C(=O)O. The van der Waals surface area contributed by atoms with E-state index in [-0.39, 0.29) is 6.42 Å². The highest BCUT2D eigenvalue weighted by molar-refractivity contribution is 5.92. The number of amides is 2. The van der Waals surface area contributed by atoms with E-state index in [0.29, 0.717) is 11.4 Å². The number of carboxylic acid groups (broad SMARTS) is 1. The first-order valence-electron chi connectivity index (χ1n) is 5.86. The predicted octanol–water partition coefficient (Wildman–Crippen LogP) is 1.60. The smallest absolute Gasteiger partial charge is 0.327 e. The molecule has 2 amide bonds. The Morgan fingerprint density at radius 2 is 2.20 bits per heavy atom. The van der Waals surface area contributed by atoms with Crippen LogP contribution < -0.4 is 15.4 Å². The Labute approximate surface area is 117 Å². The molecule has 0 bridgehead atoms. The summed E-state index contributed by atoms with van der Waals surface area (Å²) in [7, 11) is 1.55. The fourth-order valence-corrected chi connectivity index (χ4v) is 1.60. The Morgan fingerprint density at radius 3 is 2.70 bits per heavy atom. The zero-order valence-electron chi connectivity index (χ0n) is 11.3. The van der Waals surface area contributed by atoms with Gasteiger partial charge in [-0.05, 0) is 30.7 Å². The normalized spacial score (nSPS) is 11.1. The van der Waals surface area contributed by atoms with E-state index in [9.17, 15) is 9.59 Å². The Balaban J connectivity index is 2.69. The van der Waals surface area contributed by atoms with Crippen molar-refractivity contribution >= 4 is 17.7 Å². The molecule has 0 aromatic heterocycles. The molecule has 6 nitrogen and oxygen atoms in total. The van der Waals surface area contributed by atoms with Crippen molar-refractivity contribution in [2.24, 2.45) is 0 Å². The van der Waals surface area contributed by atoms with E-state index in [1.54, 1.807) is 25.3 Å². The largest absolute Gasteiger partial charge is 0.496 e. The minimum Gasteiger partial charge on any atom is -0.496 e. The number of anilines is 1. The predicted molar refractivity (Wildman–Crippen MR) is 74.8 cm³/mol. The van der Waals surface area contributed by atoms with Gasteiger partial charge in [-0.3, -0.25) is 0 Å². The molecule has 0 aliphatic heterocycles. The van der Waals surface area contributed by atoms with Crippen LogP contribution in [-0.4, -0.2) is 30.3 Å². The van der Waals surface area contributed by atoms with Crippen LogP contribution in [0, 0.1) is 19.3 Å². The quantitative estimate of drug-likeness (QED) is 0.713. The molecule has 1 aromatic carbocycles. The number of ether oxygens (including phenoxy) is 1. The summed E-state index contributed by atoms with van der Waals surface area (Å²) >= 11 is 0. The molecular weight excluding hydrogens is 260 g/mol. The van der Waals surface area contributed by atoms with Crippen molar-refractivity contribution in [2.45, 2.75) is 19.4 Å². The van der Waals surface area contributed by atoms with Gasteiger partial charge < -0.3 is 20.5 Å². The highest BCUT2D eigenvalue weighted by atomic mass is 16.5. The fourth-order valence-electron chi connectivity index (χ4n) is 1.60. The second-order valence-corrected chi connectivity index (χ2v) is 4.08. The Hall–Kier alpha value is -2.68. The summed E-state index contributed by atoms with van der Waals surface area (Å²) in [5.74, 6) is 1.73. The van der Waals surface area contributed by atoms with Crippen molar-refractivity contribution in [3.63, 3.8) is 0 Å². The van der Waals surface area contributed by atoms with Crippen LogP contribution in [0.3, 0.4) is 0 Å². The maximum atomic E-state index is 11.7. The number of benzene rings is 1. The lowest BCUT2D eigenvalue weighted by Crippen LogP contribution is -2.42. The van der Waals surface area contributed by atoms with E-state index in [4.69, 9.17) is 16.3 Å². The van der Waals surface area contributed by atoms with Crippen LogP contribution in [-0.2, 0) is 4.79 Å². The standard InChI is InChI=1S/C14H16N2O4/c1-4-5-11(13(17)18)16-14(19)15-10-6-7-12(20-3)9(2)8-10/h1,6-8,11H,5H2,2-3H3,(H,17,18)(H2,15,16,19). The summed E-state index contributed by atoms with van der Waals surface area (Å²) in [6.07, 6.45) is 4.97. The van der Waals surface area contributed by atoms with Gasteiger partial charge in [0.1, 0.15) is 11.8 Å². The second-order valence-electron chi connectivity index (χ2n) is 4.08. The van der Waals surface area contributed by atoms with Crippen LogP contribution in [0.1, 0.15) is 12.0 Å². The number of hydrogen-bond acceptors (Lipinski definition) is 3. The molecule has 6 heteroatoms. The van der Waals surface area contributed by atoms with Gasteiger partial charge in [-0.1, -0.05) is 0 Å². The Kier molecular flexibility index (Phi) is 5.42. The molecule has 1 unspecified atom stereocenters. The fraction of sp³-hybridized carbons (Fsp3) is 0.286. The summed E-state index contributed by atoms with van der Waals surface area (Å²) in [5, 5.41) is 13.7. The zero-order chi connectivity index (χ0) is 15.1. The van der Waals surface area contributed by atoms with E-state index in [2.05, 4.69) is 16.6 Å². The lowest BCUT2D eigenvalue weighted by molar-refractivity contribution is -0.139. The number of aryl methyl sites for hydroxylation is 1. The van der Waals surface area contributed by atoms with Crippen LogP contribution in [0.4, 0.5) is 10.5 Å². The summed E-state index contributed by atoms with van der Waals surface area (Å²) in [4.78, 5) is 22.5. The lowest BCUT2D eigenvalue weighted by Gasteiger charge is -2.13. The zero-order valence-corrected chi connectivity index (χ0v) is 11.3. The molecule has 1 atom stereocenters. The lowest BCUT2D eigenvalue weighted by atomic mass is 10.2. The first-order chi connectivity index (χ1) is 9.47.